The smallest absolute Gasteiger partial charge is 0.269 e. The van der Waals surface area contributed by atoms with E-state index in [-0.39, 0.29) is 30.1 Å². The van der Waals surface area contributed by atoms with Gasteiger partial charge in [-0.2, -0.15) is 0 Å². The number of hydrogen-bond donors (Lipinski definition) is 0. The number of nitro groups is 1. The van der Waals surface area contributed by atoms with Gasteiger partial charge >= 0.3 is 0 Å². The van der Waals surface area contributed by atoms with Crippen LogP contribution in [0.3, 0.4) is 0 Å². The average molecular weight is 522 g/mol. The van der Waals surface area contributed by atoms with Crippen molar-refractivity contribution in [3.8, 4) is 0 Å². The first kappa shape index (κ1) is 26.5. The lowest BCUT2D eigenvalue weighted by atomic mass is 9.90. The molecule has 2 amide bonds. The Labute approximate surface area is 220 Å². The number of benzene rings is 2. The second-order valence-corrected chi connectivity index (χ2v) is 9.98. The number of nitro benzene ring substituents is 1. The third-order valence-corrected chi connectivity index (χ3v) is 7.63. The molecule has 0 saturated heterocycles. The maximum atomic E-state index is 13.8. The van der Waals surface area contributed by atoms with Crippen LogP contribution < -0.4 is 0 Å². The van der Waals surface area contributed by atoms with Gasteiger partial charge in [-0.25, -0.2) is 0 Å². The molecule has 1 aliphatic rings. The molecule has 1 unspecified atom stereocenters. The predicted octanol–water partition coefficient (Wildman–Crippen LogP) is 5.01. The molecule has 0 bridgehead atoms. The van der Waals surface area contributed by atoms with Gasteiger partial charge in [0.05, 0.1) is 11.0 Å². The number of aryl methyl sites for hydroxylation is 1. The fourth-order valence-corrected chi connectivity index (χ4v) is 5.63. The van der Waals surface area contributed by atoms with E-state index >= 15 is 0 Å². The van der Waals surface area contributed by atoms with Crippen LogP contribution in [-0.2, 0) is 16.0 Å². The Hall–Kier alpha value is -3.56. The number of non-ortho nitro benzene ring substituents is 1. The molecule has 2 aromatic carbocycles. The van der Waals surface area contributed by atoms with Crippen LogP contribution in [0, 0.1) is 17.0 Å². The molecule has 0 aliphatic carbocycles. The Kier molecular flexibility index (Phi) is 8.68. The van der Waals surface area contributed by atoms with E-state index in [9.17, 15) is 19.7 Å². The van der Waals surface area contributed by atoms with Gasteiger partial charge in [-0.3, -0.25) is 19.7 Å². The lowest BCUT2D eigenvalue weighted by molar-refractivity contribution is -0.384. The highest BCUT2D eigenvalue weighted by Crippen LogP contribution is 2.39. The fraction of sp³-hybridized carbons (Fsp3) is 0.357. The third-order valence-electron chi connectivity index (χ3n) is 6.63. The van der Waals surface area contributed by atoms with Crippen molar-refractivity contribution in [2.45, 2.75) is 32.7 Å². The van der Waals surface area contributed by atoms with E-state index in [1.54, 1.807) is 11.3 Å². The summed E-state index contributed by atoms with van der Waals surface area (Å²) >= 11 is 1.71. The van der Waals surface area contributed by atoms with E-state index < -0.39 is 4.92 Å². The zero-order valence-electron chi connectivity index (χ0n) is 21.1. The highest BCUT2D eigenvalue weighted by Gasteiger charge is 2.34. The average Bonchev–Trinajstić information content (AvgIpc) is 3.39. The first-order valence-corrected chi connectivity index (χ1v) is 13.3. The van der Waals surface area contributed by atoms with Crippen molar-refractivity contribution in [3.63, 3.8) is 0 Å². The van der Waals surface area contributed by atoms with Gasteiger partial charge in [0, 0.05) is 48.9 Å². The van der Waals surface area contributed by atoms with Crippen LogP contribution in [-0.4, -0.2) is 59.4 Å². The molecule has 0 radical (unpaired) electrons. The van der Waals surface area contributed by atoms with E-state index in [0.717, 1.165) is 23.1 Å². The number of nitrogens with zero attached hydrogens (tertiary/aromatic N) is 3. The Bertz CT molecular complexity index is 1260. The normalized spacial score (nSPS) is 14.8. The van der Waals surface area contributed by atoms with Crippen molar-refractivity contribution in [3.05, 3.63) is 97.2 Å². The zero-order valence-corrected chi connectivity index (χ0v) is 21.9. The number of carbonyl (C=O) groups is 2. The molecule has 1 aliphatic heterocycles. The lowest BCUT2D eigenvalue weighted by Gasteiger charge is -2.38. The number of carbonyl (C=O) groups excluding carboxylic acids is 2. The number of hydrogen-bond acceptors (Lipinski definition) is 6. The maximum Gasteiger partial charge on any atom is 0.269 e. The van der Waals surface area contributed by atoms with Crippen LogP contribution in [0.15, 0.2) is 60.0 Å². The summed E-state index contributed by atoms with van der Waals surface area (Å²) < 4.78 is 5.44. The predicted molar refractivity (Wildman–Crippen MR) is 143 cm³/mol. The Morgan fingerprint density at radius 3 is 2.59 bits per heavy atom. The van der Waals surface area contributed by atoms with E-state index in [1.807, 2.05) is 24.0 Å². The minimum Gasteiger partial charge on any atom is -0.382 e. The monoisotopic (exact) mass is 521 g/mol. The molecule has 4 rings (SSSR count). The molecular weight excluding hydrogens is 490 g/mol. The van der Waals surface area contributed by atoms with Crippen molar-refractivity contribution in [2.75, 3.05) is 32.8 Å². The molecule has 0 spiro atoms. The summed E-state index contributed by atoms with van der Waals surface area (Å²) in [7, 11) is 0. The molecule has 1 aromatic heterocycles. The largest absolute Gasteiger partial charge is 0.382 e. The number of amides is 2. The molecule has 0 saturated carbocycles. The molecular formula is C28H31N3O5S. The van der Waals surface area contributed by atoms with Crippen molar-refractivity contribution >= 4 is 28.8 Å². The van der Waals surface area contributed by atoms with Gasteiger partial charge in [0.25, 0.3) is 11.6 Å². The molecule has 8 nitrogen and oxygen atoms in total. The van der Waals surface area contributed by atoms with E-state index in [2.05, 4.69) is 30.5 Å². The van der Waals surface area contributed by atoms with Gasteiger partial charge in [0.15, 0.2) is 0 Å². The summed E-state index contributed by atoms with van der Waals surface area (Å²) in [4.78, 5) is 42.5. The van der Waals surface area contributed by atoms with Crippen LogP contribution in [0.25, 0.3) is 0 Å². The lowest BCUT2D eigenvalue weighted by Crippen LogP contribution is -2.47. The topological polar surface area (TPSA) is 93.0 Å². The van der Waals surface area contributed by atoms with Gasteiger partial charge in [-0.05, 0) is 67.0 Å². The van der Waals surface area contributed by atoms with Crippen molar-refractivity contribution in [2.24, 2.45) is 0 Å². The fourth-order valence-electron chi connectivity index (χ4n) is 4.73. The van der Waals surface area contributed by atoms with Gasteiger partial charge in [-0.15, -0.1) is 11.3 Å². The highest BCUT2D eigenvalue weighted by molar-refractivity contribution is 7.10. The standard InChI is InChI=1S/C28H31N3O5S/c1-3-36-17-6-15-29(28(33)21-9-11-22(12-10-21)31(34)35)19-26(32)30-16-13-25-24(14-18-37-25)27(30)23-8-5-4-7-20(23)2/h4-5,7-12,14,18,27H,3,6,13,15-17,19H2,1-2H3. The number of ether oxygens (including phenoxy) is 1. The van der Waals surface area contributed by atoms with Gasteiger partial charge in [0.2, 0.25) is 5.91 Å². The molecule has 3 aromatic rings. The minimum absolute atomic E-state index is 0.0796. The number of rotatable bonds is 10. The first-order valence-electron chi connectivity index (χ1n) is 12.4. The Morgan fingerprint density at radius 2 is 1.89 bits per heavy atom. The maximum absolute atomic E-state index is 13.8. The minimum atomic E-state index is -0.502. The van der Waals surface area contributed by atoms with E-state index in [4.69, 9.17) is 4.74 Å². The summed E-state index contributed by atoms with van der Waals surface area (Å²) in [6.07, 6.45) is 1.36. The summed E-state index contributed by atoms with van der Waals surface area (Å²) in [5, 5.41) is 13.1. The van der Waals surface area contributed by atoms with E-state index in [1.165, 1.54) is 34.0 Å². The van der Waals surface area contributed by atoms with Crippen molar-refractivity contribution < 1.29 is 19.2 Å². The second kappa shape index (κ2) is 12.1. The summed E-state index contributed by atoms with van der Waals surface area (Å²) in [6, 6.07) is 15.5. The molecule has 2 heterocycles. The Morgan fingerprint density at radius 1 is 1.14 bits per heavy atom. The molecule has 37 heavy (non-hydrogen) atoms. The van der Waals surface area contributed by atoms with Crippen molar-refractivity contribution in [1.82, 2.24) is 9.80 Å². The quantitative estimate of drug-likeness (QED) is 0.212. The molecule has 194 valence electrons. The number of fused-ring (bicyclic) bond motifs is 1. The molecule has 1 atom stereocenters. The second-order valence-electron chi connectivity index (χ2n) is 8.98. The van der Waals surface area contributed by atoms with Crippen LogP contribution in [0.5, 0.6) is 0 Å². The van der Waals surface area contributed by atoms with Crippen LogP contribution in [0.1, 0.15) is 51.3 Å². The van der Waals surface area contributed by atoms with Crippen LogP contribution >= 0.6 is 11.3 Å². The van der Waals surface area contributed by atoms with Crippen LogP contribution in [0.2, 0.25) is 0 Å². The Balaban J connectivity index is 1.59. The van der Waals surface area contributed by atoms with Gasteiger partial charge in [-0.1, -0.05) is 24.3 Å². The SMILES string of the molecule is CCOCCCN(CC(=O)N1CCc2sccc2C1c1ccccc1C)C(=O)c1ccc([N+](=O)[O-])cc1. The first-order chi connectivity index (χ1) is 17.9. The van der Waals surface area contributed by atoms with Gasteiger partial charge < -0.3 is 14.5 Å². The summed E-state index contributed by atoms with van der Waals surface area (Å²) in [5.74, 6) is -0.461. The zero-order chi connectivity index (χ0) is 26.4. The third kappa shape index (κ3) is 6.06. The van der Waals surface area contributed by atoms with E-state index in [0.29, 0.717) is 38.3 Å². The summed E-state index contributed by atoms with van der Waals surface area (Å²) in [6.45, 7) is 5.84. The molecule has 9 heteroatoms. The molecule has 0 N–H and O–H groups in total. The number of thiophene rings is 1. The summed E-state index contributed by atoms with van der Waals surface area (Å²) in [5.41, 5.74) is 3.56. The van der Waals surface area contributed by atoms with Crippen LogP contribution in [0.4, 0.5) is 5.69 Å². The van der Waals surface area contributed by atoms with Gasteiger partial charge in [0.1, 0.15) is 6.54 Å². The molecule has 0 fully saturated rings. The van der Waals surface area contributed by atoms with Crippen molar-refractivity contribution in [1.29, 1.82) is 0 Å². The highest BCUT2D eigenvalue weighted by atomic mass is 32.1.